The van der Waals surface area contributed by atoms with E-state index in [1.807, 2.05) is 0 Å². The van der Waals surface area contributed by atoms with Gasteiger partial charge in [0.25, 0.3) is 0 Å². The van der Waals surface area contributed by atoms with Gasteiger partial charge in [-0.3, -0.25) is 9.79 Å². The minimum absolute atomic E-state index is 0.0393. The predicted molar refractivity (Wildman–Crippen MR) is 99.9 cm³/mol. The number of hydrogen-bond acceptors (Lipinski definition) is 4. The van der Waals surface area contributed by atoms with E-state index < -0.39 is 48.1 Å². The molecular weight excluding hydrogens is 450 g/mol. The number of rotatable bonds is 4. The number of carbonyl (C=O) groups excluding carboxylic acids is 1. The van der Waals surface area contributed by atoms with Gasteiger partial charge in [0.1, 0.15) is 17.7 Å². The Labute approximate surface area is 177 Å². The second-order valence-electron chi connectivity index (χ2n) is 7.01. The van der Waals surface area contributed by atoms with Crippen molar-refractivity contribution in [3.05, 3.63) is 63.9 Å². The molecule has 0 saturated carbocycles. The highest BCUT2D eigenvalue weighted by Gasteiger charge is 2.59. The first-order valence-corrected chi connectivity index (χ1v) is 9.28. The Balaban J connectivity index is 1.93. The summed E-state index contributed by atoms with van der Waals surface area (Å²) in [5, 5.41) is 0.156. The third kappa shape index (κ3) is 4.68. The Hall–Kier alpha value is -2.62. The molecular formula is C20H15ClF6N2O2. The molecule has 1 aromatic heterocycles. The van der Waals surface area contributed by atoms with Crippen LogP contribution in [0.4, 0.5) is 26.3 Å². The van der Waals surface area contributed by atoms with E-state index in [-0.39, 0.29) is 22.9 Å². The quantitative estimate of drug-likeness (QED) is 0.443. The van der Waals surface area contributed by atoms with Crippen LogP contribution in [0.25, 0.3) is 0 Å². The molecule has 31 heavy (non-hydrogen) atoms. The number of carbonyl (C=O) groups is 1. The van der Waals surface area contributed by atoms with Crippen molar-refractivity contribution in [1.29, 1.82) is 0 Å². The van der Waals surface area contributed by atoms with E-state index in [1.54, 1.807) is 0 Å². The molecule has 0 radical (unpaired) electrons. The van der Waals surface area contributed by atoms with Gasteiger partial charge in [0.15, 0.2) is 0 Å². The lowest BCUT2D eigenvalue weighted by atomic mass is 9.79. The molecule has 1 aromatic carbocycles. The monoisotopic (exact) mass is 464 g/mol. The van der Waals surface area contributed by atoms with Crippen LogP contribution in [0, 0.1) is 0 Å². The zero-order valence-corrected chi connectivity index (χ0v) is 16.7. The number of pyridine rings is 1. The van der Waals surface area contributed by atoms with Crippen molar-refractivity contribution in [2.24, 2.45) is 4.99 Å². The summed E-state index contributed by atoms with van der Waals surface area (Å²) in [7, 11) is 0. The average Bonchev–Trinajstić information content (AvgIpc) is 3.13. The molecule has 0 N–H and O–H groups in total. The molecule has 3 rings (SSSR count). The van der Waals surface area contributed by atoms with Gasteiger partial charge in [0, 0.05) is 29.6 Å². The smallest absolute Gasteiger partial charge is 0.433 e. The molecule has 11 heteroatoms. The number of aliphatic imine (C=N–C) groups is 1. The van der Waals surface area contributed by atoms with E-state index in [9.17, 15) is 31.1 Å². The molecule has 0 fully saturated rings. The van der Waals surface area contributed by atoms with Crippen LogP contribution in [0.5, 0.6) is 0 Å². The number of halogens is 7. The summed E-state index contributed by atoms with van der Waals surface area (Å²) in [4.78, 5) is 18.2. The molecule has 2 heterocycles. The van der Waals surface area contributed by atoms with Gasteiger partial charge in [-0.2, -0.15) is 26.3 Å². The van der Waals surface area contributed by atoms with E-state index in [0.717, 1.165) is 12.1 Å². The Morgan fingerprint density at radius 3 is 2.45 bits per heavy atom. The third-order valence-corrected chi connectivity index (χ3v) is 5.25. The van der Waals surface area contributed by atoms with Crippen molar-refractivity contribution in [2.75, 3.05) is 6.54 Å². The molecule has 1 atom stereocenters. The standard InChI is InChI=1S/C20H15ClF6N2O2/c1-11(30)31-9-13-6-5-12(7-14(13)21)15-8-18(10-28-15,20(25,26)27)16-3-2-4-17(29-16)19(22,23)24/h2-7H,8-10H2,1H3. The van der Waals surface area contributed by atoms with Crippen LogP contribution in [-0.2, 0) is 27.7 Å². The summed E-state index contributed by atoms with van der Waals surface area (Å²) in [6.07, 6.45) is -10.5. The fourth-order valence-electron chi connectivity index (χ4n) is 3.21. The largest absolute Gasteiger partial charge is 0.461 e. The Morgan fingerprint density at radius 2 is 1.87 bits per heavy atom. The fraction of sp³-hybridized carbons (Fsp3) is 0.350. The first kappa shape index (κ1) is 23.1. The van der Waals surface area contributed by atoms with E-state index in [0.29, 0.717) is 11.6 Å². The summed E-state index contributed by atoms with van der Waals surface area (Å²) in [5.41, 5.74) is -4.06. The Morgan fingerprint density at radius 1 is 1.16 bits per heavy atom. The van der Waals surface area contributed by atoms with Crippen molar-refractivity contribution < 1.29 is 35.9 Å². The van der Waals surface area contributed by atoms with Crippen molar-refractivity contribution in [2.45, 2.75) is 37.7 Å². The van der Waals surface area contributed by atoms with Crippen LogP contribution in [0.2, 0.25) is 5.02 Å². The number of nitrogens with zero attached hydrogens (tertiary/aromatic N) is 2. The molecule has 4 nitrogen and oxygen atoms in total. The number of hydrogen-bond donors (Lipinski definition) is 0. The molecule has 0 amide bonds. The number of aromatic nitrogens is 1. The van der Waals surface area contributed by atoms with E-state index in [2.05, 4.69) is 9.98 Å². The van der Waals surface area contributed by atoms with Gasteiger partial charge in [-0.25, -0.2) is 4.98 Å². The summed E-state index contributed by atoms with van der Waals surface area (Å²) in [5.74, 6) is -0.524. The topological polar surface area (TPSA) is 51.5 Å². The van der Waals surface area contributed by atoms with E-state index in [1.165, 1.54) is 25.1 Å². The highest BCUT2D eigenvalue weighted by atomic mass is 35.5. The maximum atomic E-state index is 14.1. The van der Waals surface area contributed by atoms with Crippen LogP contribution < -0.4 is 0 Å². The lowest BCUT2D eigenvalue weighted by Crippen LogP contribution is -2.44. The van der Waals surface area contributed by atoms with E-state index in [4.69, 9.17) is 16.3 Å². The van der Waals surface area contributed by atoms with E-state index >= 15 is 0 Å². The number of ether oxygens (including phenoxy) is 1. The second kappa shape index (κ2) is 8.14. The molecule has 2 aromatic rings. The molecule has 166 valence electrons. The second-order valence-corrected chi connectivity index (χ2v) is 7.42. The molecule has 0 bridgehead atoms. The summed E-state index contributed by atoms with van der Waals surface area (Å²) in [6.45, 7) is 0.308. The zero-order chi connectivity index (χ0) is 23.0. The van der Waals surface area contributed by atoms with Crippen molar-refractivity contribution in [3.8, 4) is 0 Å². The van der Waals surface area contributed by atoms with Gasteiger partial charge >= 0.3 is 18.3 Å². The van der Waals surface area contributed by atoms with Gasteiger partial charge in [-0.1, -0.05) is 29.8 Å². The van der Waals surface area contributed by atoms with Gasteiger partial charge in [0.2, 0.25) is 0 Å². The van der Waals surface area contributed by atoms with Crippen LogP contribution in [0.1, 0.15) is 35.9 Å². The summed E-state index contributed by atoms with van der Waals surface area (Å²) in [6, 6.07) is 6.78. The SMILES string of the molecule is CC(=O)OCc1ccc(C2=NCC(c3cccc(C(F)(F)F)n3)(C(F)(F)F)C2)cc1Cl. The highest BCUT2D eigenvalue weighted by molar-refractivity contribution is 6.31. The maximum Gasteiger partial charge on any atom is 0.433 e. The third-order valence-electron chi connectivity index (χ3n) is 4.90. The lowest BCUT2D eigenvalue weighted by molar-refractivity contribution is -0.185. The molecule has 1 aliphatic rings. The Bertz CT molecular complexity index is 1040. The summed E-state index contributed by atoms with van der Waals surface area (Å²) >= 11 is 6.13. The Kier molecular flexibility index (Phi) is 6.05. The number of alkyl halides is 6. The minimum Gasteiger partial charge on any atom is -0.461 e. The van der Waals surface area contributed by atoms with Gasteiger partial charge in [-0.05, 0) is 23.8 Å². The number of benzene rings is 1. The molecule has 0 saturated heterocycles. The molecule has 0 aliphatic carbocycles. The average molecular weight is 465 g/mol. The molecule has 1 unspecified atom stereocenters. The minimum atomic E-state index is -4.89. The zero-order valence-electron chi connectivity index (χ0n) is 15.9. The molecule has 0 spiro atoms. The first-order valence-electron chi connectivity index (χ1n) is 8.90. The first-order chi connectivity index (χ1) is 14.3. The fourth-order valence-corrected chi connectivity index (χ4v) is 3.45. The highest BCUT2D eigenvalue weighted by Crippen LogP contribution is 2.47. The lowest BCUT2D eigenvalue weighted by Gasteiger charge is -2.30. The summed E-state index contributed by atoms with van der Waals surface area (Å²) < 4.78 is 86.0. The normalized spacial score (nSPS) is 19.3. The predicted octanol–water partition coefficient (Wildman–Crippen LogP) is 5.51. The van der Waals surface area contributed by atoms with Crippen molar-refractivity contribution in [1.82, 2.24) is 4.98 Å². The van der Waals surface area contributed by atoms with Gasteiger partial charge < -0.3 is 4.74 Å². The van der Waals surface area contributed by atoms with Gasteiger partial charge in [0.05, 0.1) is 12.2 Å². The van der Waals surface area contributed by atoms with Crippen molar-refractivity contribution in [3.63, 3.8) is 0 Å². The van der Waals surface area contributed by atoms with Gasteiger partial charge in [-0.15, -0.1) is 0 Å². The maximum absolute atomic E-state index is 14.1. The van der Waals surface area contributed by atoms with Crippen LogP contribution >= 0.6 is 11.6 Å². The van der Waals surface area contributed by atoms with Crippen LogP contribution in [0.3, 0.4) is 0 Å². The van der Waals surface area contributed by atoms with Crippen LogP contribution in [-0.4, -0.2) is 29.4 Å². The van der Waals surface area contributed by atoms with Crippen molar-refractivity contribution >= 4 is 23.3 Å². The number of esters is 1. The van der Waals surface area contributed by atoms with Crippen LogP contribution in [0.15, 0.2) is 41.4 Å². The molecule has 1 aliphatic heterocycles.